The Hall–Kier alpha value is -1.00. The van der Waals surface area contributed by atoms with Crippen LogP contribution in [0.3, 0.4) is 0 Å². The van der Waals surface area contributed by atoms with E-state index in [0.29, 0.717) is 12.4 Å². The van der Waals surface area contributed by atoms with Crippen LogP contribution in [0, 0.1) is 10.1 Å². The van der Waals surface area contributed by atoms with Crippen molar-refractivity contribution in [1.82, 2.24) is 0 Å². The minimum absolute atomic E-state index is 0.0827. The number of hydrogen-bond acceptors (Lipinski definition) is 3. The van der Waals surface area contributed by atoms with Crippen molar-refractivity contribution in [2.75, 3.05) is 6.61 Å². The largest absolute Gasteiger partial charge is 0.492 e. The number of nitrogens with zero attached hydrogens (tertiary/aromatic N) is 1. The van der Waals surface area contributed by atoms with Crippen LogP contribution in [-0.2, 0) is 0 Å². The lowest BCUT2D eigenvalue weighted by atomic mass is 10.3. The summed E-state index contributed by atoms with van der Waals surface area (Å²) >= 11 is 11.6. The molecule has 0 atom stereocenters. The molecule has 0 aromatic heterocycles. The zero-order chi connectivity index (χ0) is 12.1. The second kappa shape index (κ2) is 5.92. The minimum atomic E-state index is -0.579. The van der Waals surface area contributed by atoms with Crippen molar-refractivity contribution in [3.05, 3.63) is 32.3 Å². The molecular weight excluding hydrogens is 253 g/mol. The average Bonchev–Trinajstić information content (AvgIpc) is 2.24. The molecule has 6 heteroatoms. The van der Waals surface area contributed by atoms with Crippen LogP contribution in [-0.4, -0.2) is 11.5 Å². The van der Waals surface area contributed by atoms with Crippen molar-refractivity contribution >= 4 is 28.9 Å². The maximum absolute atomic E-state index is 10.6. The number of hydrogen-bond donors (Lipinski definition) is 0. The molecule has 0 heterocycles. The lowest BCUT2D eigenvalue weighted by Crippen LogP contribution is -1.98. The number of rotatable bonds is 5. The molecule has 0 fully saturated rings. The van der Waals surface area contributed by atoms with Crippen LogP contribution < -0.4 is 4.74 Å². The molecule has 0 aliphatic carbocycles. The van der Waals surface area contributed by atoms with Crippen LogP contribution >= 0.6 is 23.2 Å². The Morgan fingerprint density at radius 3 is 2.62 bits per heavy atom. The maximum Gasteiger partial charge on any atom is 0.289 e. The summed E-state index contributed by atoms with van der Waals surface area (Å²) in [6, 6.07) is 2.75. The summed E-state index contributed by atoms with van der Waals surface area (Å²) < 4.78 is 5.35. The summed E-state index contributed by atoms with van der Waals surface area (Å²) in [5.41, 5.74) is -0.213. The van der Waals surface area contributed by atoms with Crippen LogP contribution in [0.5, 0.6) is 5.75 Å². The summed E-state index contributed by atoms with van der Waals surface area (Å²) in [5, 5.41) is 10.6. The van der Waals surface area contributed by atoms with Crippen LogP contribution in [0.25, 0.3) is 0 Å². The highest BCUT2D eigenvalue weighted by molar-refractivity contribution is 6.44. The van der Waals surface area contributed by atoms with Gasteiger partial charge in [-0.2, -0.15) is 0 Å². The van der Waals surface area contributed by atoms with E-state index in [0.717, 1.165) is 12.8 Å². The van der Waals surface area contributed by atoms with E-state index in [2.05, 4.69) is 0 Å². The first kappa shape index (κ1) is 13.1. The van der Waals surface area contributed by atoms with Crippen LogP contribution in [0.15, 0.2) is 12.1 Å². The predicted molar refractivity (Wildman–Crippen MR) is 63.5 cm³/mol. The Morgan fingerprint density at radius 2 is 2.06 bits per heavy atom. The van der Waals surface area contributed by atoms with Gasteiger partial charge in [0.15, 0.2) is 0 Å². The molecule has 0 aliphatic heterocycles. The fraction of sp³-hybridized carbons (Fsp3) is 0.400. The summed E-state index contributed by atoms with van der Waals surface area (Å²) in [7, 11) is 0. The van der Waals surface area contributed by atoms with Gasteiger partial charge in [0.05, 0.1) is 11.5 Å². The lowest BCUT2D eigenvalue weighted by Gasteiger charge is -2.08. The molecule has 1 aromatic rings. The van der Waals surface area contributed by atoms with E-state index >= 15 is 0 Å². The molecule has 0 bridgehead atoms. The van der Waals surface area contributed by atoms with E-state index in [1.807, 2.05) is 6.92 Å². The molecule has 0 amide bonds. The fourth-order valence-electron chi connectivity index (χ4n) is 1.10. The van der Waals surface area contributed by atoms with E-state index in [9.17, 15) is 10.1 Å². The standard InChI is InChI=1S/C10H11Cl2NO3/c1-2-3-6-16-8-5-4-7(13(14)15)9(11)10(8)12/h4-5H,2-3,6H2,1H3. The van der Waals surface area contributed by atoms with Gasteiger partial charge in [0, 0.05) is 6.07 Å². The van der Waals surface area contributed by atoms with E-state index in [-0.39, 0.29) is 15.7 Å². The van der Waals surface area contributed by atoms with Crippen molar-refractivity contribution < 1.29 is 9.66 Å². The first-order chi connectivity index (χ1) is 7.57. The quantitative estimate of drug-likeness (QED) is 0.457. The van der Waals surface area contributed by atoms with Crippen molar-refractivity contribution in [2.45, 2.75) is 19.8 Å². The zero-order valence-electron chi connectivity index (χ0n) is 8.70. The monoisotopic (exact) mass is 263 g/mol. The second-order valence-corrected chi connectivity index (χ2v) is 3.93. The Balaban J connectivity index is 2.89. The van der Waals surface area contributed by atoms with Crippen LogP contribution in [0.2, 0.25) is 10.0 Å². The highest BCUT2D eigenvalue weighted by Gasteiger charge is 2.18. The predicted octanol–water partition coefficient (Wildman–Crippen LogP) is 4.08. The zero-order valence-corrected chi connectivity index (χ0v) is 10.2. The molecule has 0 saturated carbocycles. The molecule has 0 aliphatic rings. The average molecular weight is 264 g/mol. The summed E-state index contributed by atoms with van der Waals surface area (Å²) in [5.74, 6) is 0.380. The smallest absolute Gasteiger partial charge is 0.289 e. The highest BCUT2D eigenvalue weighted by Crippen LogP contribution is 2.38. The number of benzene rings is 1. The first-order valence-corrected chi connectivity index (χ1v) is 5.58. The second-order valence-electron chi connectivity index (χ2n) is 3.17. The third-order valence-corrected chi connectivity index (χ3v) is 2.83. The first-order valence-electron chi connectivity index (χ1n) is 4.83. The molecule has 1 aromatic carbocycles. The van der Waals surface area contributed by atoms with Gasteiger partial charge in [-0.3, -0.25) is 10.1 Å². The van der Waals surface area contributed by atoms with Crippen molar-refractivity contribution in [1.29, 1.82) is 0 Å². The molecule has 4 nitrogen and oxygen atoms in total. The van der Waals surface area contributed by atoms with Gasteiger partial charge in [0.2, 0.25) is 0 Å². The van der Waals surface area contributed by atoms with Crippen molar-refractivity contribution in [2.24, 2.45) is 0 Å². The number of nitro groups is 1. The fourth-order valence-corrected chi connectivity index (χ4v) is 1.54. The summed E-state index contributed by atoms with van der Waals surface area (Å²) in [4.78, 5) is 9.99. The van der Waals surface area contributed by atoms with Gasteiger partial charge in [-0.15, -0.1) is 0 Å². The third kappa shape index (κ3) is 3.00. The number of ether oxygens (including phenoxy) is 1. The summed E-state index contributed by atoms with van der Waals surface area (Å²) in [6.45, 7) is 2.55. The Bertz CT molecular complexity index is 396. The van der Waals surface area contributed by atoms with Gasteiger partial charge >= 0.3 is 0 Å². The Labute approximate surface area is 103 Å². The molecule has 1 rings (SSSR count). The van der Waals surface area contributed by atoms with Crippen molar-refractivity contribution in [3.8, 4) is 5.75 Å². The van der Waals surface area contributed by atoms with Gasteiger partial charge in [0.25, 0.3) is 5.69 Å². The maximum atomic E-state index is 10.6. The Kier molecular flexibility index (Phi) is 4.83. The van der Waals surface area contributed by atoms with E-state index in [4.69, 9.17) is 27.9 Å². The summed E-state index contributed by atoms with van der Waals surface area (Å²) in [6.07, 6.45) is 1.89. The third-order valence-electron chi connectivity index (χ3n) is 1.98. The molecule has 0 radical (unpaired) electrons. The molecular formula is C10H11Cl2NO3. The number of nitro benzene ring substituents is 1. The molecule has 0 spiro atoms. The lowest BCUT2D eigenvalue weighted by molar-refractivity contribution is -0.384. The topological polar surface area (TPSA) is 52.4 Å². The number of halogens is 2. The van der Waals surface area contributed by atoms with Gasteiger partial charge in [0.1, 0.15) is 15.8 Å². The number of unbranched alkanes of at least 4 members (excludes halogenated alkanes) is 1. The van der Waals surface area contributed by atoms with E-state index in [1.165, 1.54) is 12.1 Å². The van der Waals surface area contributed by atoms with Gasteiger partial charge in [-0.1, -0.05) is 36.5 Å². The highest BCUT2D eigenvalue weighted by atomic mass is 35.5. The van der Waals surface area contributed by atoms with Gasteiger partial charge in [-0.25, -0.2) is 0 Å². The SMILES string of the molecule is CCCCOc1ccc([N+](=O)[O-])c(Cl)c1Cl. The van der Waals surface area contributed by atoms with Gasteiger partial charge in [-0.05, 0) is 12.5 Å². The van der Waals surface area contributed by atoms with Gasteiger partial charge < -0.3 is 4.74 Å². The molecule has 88 valence electrons. The Morgan fingerprint density at radius 1 is 1.38 bits per heavy atom. The minimum Gasteiger partial charge on any atom is -0.492 e. The van der Waals surface area contributed by atoms with E-state index in [1.54, 1.807) is 0 Å². The van der Waals surface area contributed by atoms with Crippen molar-refractivity contribution in [3.63, 3.8) is 0 Å². The molecule has 0 N–H and O–H groups in total. The molecule has 0 saturated heterocycles. The molecule has 0 unspecified atom stereocenters. The van der Waals surface area contributed by atoms with Crippen LogP contribution in [0.1, 0.15) is 19.8 Å². The normalized spacial score (nSPS) is 10.2. The molecule has 16 heavy (non-hydrogen) atoms. The van der Waals surface area contributed by atoms with E-state index < -0.39 is 4.92 Å². The van der Waals surface area contributed by atoms with Crippen LogP contribution in [0.4, 0.5) is 5.69 Å².